The summed E-state index contributed by atoms with van der Waals surface area (Å²) in [6.07, 6.45) is 0. The van der Waals surface area contributed by atoms with Gasteiger partial charge in [-0.3, -0.25) is 0 Å². The van der Waals surface area contributed by atoms with E-state index in [0.29, 0.717) is 21.9 Å². The minimum atomic E-state index is 0.513. The minimum Gasteiger partial charge on any atom is -0.227 e. The number of nitriles is 1. The fourth-order valence-electron chi connectivity index (χ4n) is 3.63. The largest absolute Gasteiger partial charge is 0.227 e. The van der Waals surface area contributed by atoms with E-state index in [4.69, 9.17) is 21.7 Å². The van der Waals surface area contributed by atoms with Crippen molar-refractivity contribution >= 4 is 22.6 Å². The van der Waals surface area contributed by atoms with E-state index >= 15 is 0 Å². The molecule has 0 amide bonds. The molecule has 0 fully saturated rings. The molecule has 148 valence electrons. The van der Waals surface area contributed by atoms with Crippen molar-refractivity contribution in [1.29, 1.82) is 5.26 Å². The van der Waals surface area contributed by atoms with Gasteiger partial charge in [0.25, 0.3) is 0 Å². The SMILES string of the molecule is Cc1ccc(-c2nc3c(cc2C#N)c(-c2ccc(Cl)cc2)nn3-c2ccccc2)cc1. The summed E-state index contributed by atoms with van der Waals surface area (Å²) in [7, 11) is 0. The average molecular weight is 421 g/mol. The predicted octanol–water partition coefficient (Wildman–Crippen LogP) is 6.59. The van der Waals surface area contributed by atoms with Crippen molar-refractivity contribution in [2.24, 2.45) is 0 Å². The van der Waals surface area contributed by atoms with Gasteiger partial charge in [0, 0.05) is 21.5 Å². The molecule has 2 aromatic heterocycles. The maximum atomic E-state index is 9.88. The fourth-order valence-corrected chi connectivity index (χ4v) is 3.75. The second kappa shape index (κ2) is 7.71. The highest BCUT2D eigenvalue weighted by molar-refractivity contribution is 6.30. The predicted molar refractivity (Wildman–Crippen MR) is 124 cm³/mol. The molecule has 5 rings (SSSR count). The number of hydrogen-bond donors (Lipinski definition) is 0. The van der Waals surface area contributed by atoms with Crippen molar-refractivity contribution in [3.8, 4) is 34.3 Å². The quantitative estimate of drug-likeness (QED) is 0.331. The van der Waals surface area contributed by atoms with Crippen molar-refractivity contribution < 1.29 is 0 Å². The Balaban J connectivity index is 1.83. The monoisotopic (exact) mass is 420 g/mol. The highest BCUT2D eigenvalue weighted by Gasteiger charge is 2.19. The van der Waals surface area contributed by atoms with Gasteiger partial charge in [0.1, 0.15) is 11.8 Å². The fraction of sp³-hybridized carbons (Fsp3) is 0.0385. The normalized spacial score (nSPS) is 10.9. The van der Waals surface area contributed by atoms with E-state index in [-0.39, 0.29) is 0 Å². The van der Waals surface area contributed by atoms with Gasteiger partial charge >= 0.3 is 0 Å². The van der Waals surface area contributed by atoms with Crippen LogP contribution in [0.4, 0.5) is 0 Å². The Morgan fingerprint density at radius 3 is 2.16 bits per heavy atom. The number of fused-ring (bicyclic) bond motifs is 1. The third-order valence-corrected chi connectivity index (χ3v) is 5.47. The minimum absolute atomic E-state index is 0.513. The van der Waals surface area contributed by atoms with Crippen LogP contribution in [0.2, 0.25) is 5.02 Å². The van der Waals surface area contributed by atoms with Crippen LogP contribution in [-0.4, -0.2) is 14.8 Å². The van der Waals surface area contributed by atoms with Crippen LogP contribution in [0.15, 0.2) is 84.9 Å². The highest BCUT2D eigenvalue weighted by atomic mass is 35.5. The molecule has 31 heavy (non-hydrogen) atoms. The molecule has 4 nitrogen and oxygen atoms in total. The summed E-state index contributed by atoms with van der Waals surface area (Å²) >= 11 is 6.08. The maximum absolute atomic E-state index is 9.88. The summed E-state index contributed by atoms with van der Waals surface area (Å²) in [5.74, 6) is 0. The topological polar surface area (TPSA) is 54.5 Å². The molecule has 0 spiro atoms. The van der Waals surface area contributed by atoms with Gasteiger partial charge in [-0.05, 0) is 37.3 Å². The lowest BCUT2D eigenvalue weighted by atomic mass is 10.0. The first-order chi connectivity index (χ1) is 15.1. The van der Waals surface area contributed by atoms with Gasteiger partial charge in [-0.25, -0.2) is 9.67 Å². The van der Waals surface area contributed by atoms with Gasteiger partial charge in [-0.15, -0.1) is 0 Å². The molecule has 0 saturated heterocycles. The molecule has 0 aliphatic heterocycles. The van der Waals surface area contributed by atoms with E-state index in [2.05, 4.69) is 6.07 Å². The average Bonchev–Trinajstić information content (AvgIpc) is 3.18. The van der Waals surface area contributed by atoms with Crippen molar-refractivity contribution in [1.82, 2.24) is 14.8 Å². The van der Waals surface area contributed by atoms with Gasteiger partial charge in [-0.2, -0.15) is 10.4 Å². The van der Waals surface area contributed by atoms with Crippen LogP contribution in [0.5, 0.6) is 0 Å². The molecular formula is C26H17ClN4. The summed E-state index contributed by atoms with van der Waals surface area (Å²) in [5, 5.41) is 16.2. The molecule has 3 aromatic carbocycles. The van der Waals surface area contributed by atoms with Gasteiger partial charge in [0.15, 0.2) is 5.65 Å². The Kier molecular flexibility index (Phi) is 4.74. The van der Waals surface area contributed by atoms with Gasteiger partial charge in [-0.1, -0.05) is 71.8 Å². The number of aryl methyl sites for hydroxylation is 1. The van der Waals surface area contributed by atoms with Crippen molar-refractivity contribution in [3.63, 3.8) is 0 Å². The first kappa shape index (κ1) is 19.0. The van der Waals surface area contributed by atoms with E-state index in [1.807, 2.05) is 96.5 Å². The first-order valence-electron chi connectivity index (χ1n) is 9.86. The van der Waals surface area contributed by atoms with Crippen LogP contribution >= 0.6 is 11.6 Å². The molecule has 0 aliphatic carbocycles. The third kappa shape index (κ3) is 3.46. The summed E-state index contributed by atoms with van der Waals surface area (Å²) < 4.78 is 1.83. The Labute approximate surface area is 185 Å². The second-order valence-corrected chi connectivity index (χ2v) is 7.77. The highest BCUT2D eigenvalue weighted by Crippen LogP contribution is 2.33. The van der Waals surface area contributed by atoms with E-state index in [9.17, 15) is 5.26 Å². The number of aromatic nitrogens is 3. The Bertz CT molecular complexity index is 1430. The zero-order chi connectivity index (χ0) is 21.4. The molecule has 0 atom stereocenters. The van der Waals surface area contributed by atoms with Crippen LogP contribution < -0.4 is 0 Å². The lowest BCUT2D eigenvalue weighted by Crippen LogP contribution is -1.99. The molecule has 0 unspecified atom stereocenters. The summed E-state index contributed by atoms with van der Waals surface area (Å²) in [4.78, 5) is 4.94. The number of hydrogen-bond acceptors (Lipinski definition) is 3. The molecule has 0 saturated carbocycles. The summed E-state index contributed by atoms with van der Waals surface area (Å²) in [6, 6.07) is 29.6. The molecule has 0 radical (unpaired) electrons. The number of nitrogens with zero attached hydrogens (tertiary/aromatic N) is 4. The van der Waals surface area contributed by atoms with Crippen LogP contribution in [0.3, 0.4) is 0 Å². The number of benzene rings is 3. The molecule has 0 N–H and O–H groups in total. The van der Waals surface area contributed by atoms with Crippen molar-refractivity contribution in [2.75, 3.05) is 0 Å². The number of para-hydroxylation sites is 1. The van der Waals surface area contributed by atoms with E-state index in [0.717, 1.165) is 33.5 Å². The zero-order valence-corrected chi connectivity index (χ0v) is 17.5. The second-order valence-electron chi connectivity index (χ2n) is 7.34. The molecule has 2 heterocycles. The first-order valence-corrected chi connectivity index (χ1v) is 10.2. The van der Waals surface area contributed by atoms with Gasteiger partial charge in [0.2, 0.25) is 0 Å². The Morgan fingerprint density at radius 1 is 0.839 bits per heavy atom. The lowest BCUT2D eigenvalue weighted by molar-refractivity contribution is 0.901. The van der Waals surface area contributed by atoms with E-state index < -0.39 is 0 Å². The molecule has 5 heteroatoms. The van der Waals surface area contributed by atoms with Gasteiger partial charge in [0.05, 0.1) is 16.9 Å². The lowest BCUT2D eigenvalue weighted by Gasteiger charge is -2.07. The summed E-state index contributed by atoms with van der Waals surface area (Å²) in [6.45, 7) is 2.04. The smallest absolute Gasteiger partial charge is 0.164 e. The van der Waals surface area contributed by atoms with Gasteiger partial charge < -0.3 is 0 Å². The molecular weight excluding hydrogens is 404 g/mol. The molecule has 0 aliphatic rings. The Morgan fingerprint density at radius 2 is 1.48 bits per heavy atom. The van der Waals surface area contributed by atoms with Crippen LogP contribution in [0.25, 0.3) is 39.2 Å². The van der Waals surface area contributed by atoms with Crippen LogP contribution in [0.1, 0.15) is 11.1 Å². The van der Waals surface area contributed by atoms with Crippen molar-refractivity contribution in [3.05, 3.63) is 101 Å². The van der Waals surface area contributed by atoms with E-state index in [1.54, 1.807) is 0 Å². The van der Waals surface area contributed by atoms with E-state index in [1.165, 1.54) is 0 Å². The number of rotatable bonds is 3. The third-order valence-electron chi connectivity index (χ3n) is 5.22. The standard InChI is InChI=1S/C26H17ClN4/c1-17-7-9-18(10-8-17)24-20(16-28)15-23-25(19-11-13-21(27)14-12-19)30-31(26(23)29-24)22-5-3-2-4-6-22/h2-15H,1H3. The number of halogens is 1. The number of pyridine rings is 1. The van der Waals surface area contributed by atoms with Crippen LogP contribution in [-0.2, 0) is 0 Å². The van der Waals surface area contributed by atoms with Crippen molar-refractivity contribution in [2.45, 2.75) is 6.92 Å². The molecule has 5 aromatic rings. The Hall–Kier alpha value is -3.94. The zero-order valence-electron chi connectivity index (χ0n) is 16.7. The molecule has 0 bridgehead atoms. The van der Waals surface area contributed by atoms with Crippen LogP contribution in [0, 0.1) is 18.3 Å². The summed E-state index contributed by atoms with van der Waals surface area (Å²) in [5.41, 5.74) is 6.49. The maximum Gasteiger partial charge on any atom is 0.164 e.